The fourth-order valence-electron chi connectivity index (χ4n) is 4.03. The van der Waals surface area contributed by atoms with Crippen molar-refractivity contribution in [2.45, 2.75) is 26.9 Å². The standard InChI is InChI=1S/C27H26N4O2/c1-3-14-28-31-16-22(26-27(32)30-25-18(2)8-7-11-23(25)29-26)21-15-20(12-13-24(21)31)33-17-19-9-5-4-6-10-19/h4-13,15-16,28H,3,14,17H2,1-2H3,(H,30,32). The molecule has 2 heterocycles. The second-order valence-corrected chi connectivity index (χ2v) is 8.16. The Kier molecular flexibility index (Phi) is 5.57. The molecule has 0 aliphatic carbocycles. The maximum atomic E-state index is 13.1. The molecule has 166 valence electrons. The summed E-state index contributed by atoms with van der Waals surface area (Å²) >= 11 is 0. The molecule has 0 amide bonds. The zero-order chi connectivity index (χ0) is 22.8. The van der Waals surface area contributed by atoms with Gasteiger partial charge in [-0.2, -0.15) is 0 Å². The molecule has 0 saturated heterocycles. The summed E-state index contributed by atoms with van der Waals surface area (Å²) in [4.78, 5) is 20.8. The number of nitrogens with one attached hydrogen (secondary N) is 2. The maximum Gasteiger partial charge on any atom is 0.275 e. The molecule has 2 N–H and O–H groups in total. The normalized spacial score (nSPS) is 11.2. The van der Waals surface area contributed by atoms with E-state index in [2.05, 4.69) is 17.3 Å². The molecule has 6 nitrogen and oxygen atoms in total. The minimum absolute atomic E-state index is 0.207. The third kappa shape index (κ3) is 4.07. The molecule has 0 aliphatic heterocycles. The van der Waals surface area contributed by atoms with Crippen molar-refractivity contribution in [3.8, 4) is 17.0 Å². The summed E-state index contributed by atoms with van der Waals surface area (Å²) in [5.74, 6) is 0.744. The third-order valence-electron chi connectivity index (χ3n) is 5.75. The Bertz CT molecular complexity index is 1490. The van der Waals surface area contributed by atoms with Crippen molar-refractivity contribution in [3.05, 3.63) is 94.4 Å². The summed E-state index contributed by atoms with van der Waals surface area (Å²) in [6, 6.07) is 21.9. The van der Waals surface area contributed by atoms with Crippen LogP contribution in [0, 0.1) is 6.92 Å². The molecule has 2 aromatic heterocycles. The predicted molar refractivity (Wildman–Crippen MR) is 133 cm³/mol. The van der Waals surface area contributed by atoms with E-state index >= 15 is 0 Å². The number of fused-ring (bicyclic) bond motifs is 2. The Labute approximate surface area is 191 Å². The number of benzene rings is 3. The van der Waals surface area contributed by atoms with Crippen molar-refractivity contribution in [2.75, 3.05) is 12.0 Å². The Morgan fingerprint density at radius 1 is 1.06 bits per heavy atom. The molecule has 0 unspecified atom stereocenters. The maximum absolute atomic E-state index is 13.1. The summed E-state index contributed by atoms with van der Waals surface area (Å²) < 4.78 is 8.03. The molecule has 0 bridgehead atoms. The van der Waals surface area contributed by atoms with E-state index in [9.17, 15) is 4.79 Å². The van der Waals surface area contributed by atoms with Gasteiger partial charge in [-0.05, 0) is 48.7 Å². The second kappa shape index (κ2) is 8.82. The monoisotopic (exact) mass is 438 g/mol. The van der Waals surface area contributed by atoms with E-state index in [-0.39, 0.29) is 5.56 Å². The molecule has 0 spiro atoms. The van der Waals surface area contributed by atoms with Gasteiger partial charge in [-0.1, -0.05) is 49.4 Å². The Hall–Kier alpha value is -4.06. The van der Waals surface area contributed by atoms with Crippen LogP contribution in [0.2, 0.25) is 0 Å². The summed E-state index contributed by atoms with van der Waals surface area (Å²) in [7, 11) is 0. The van der Waals surface area contributed by atoms with E-state index in [1.165, 1.54) is 0 Å². The minimum atomic E-state index is -0.207. The van der Waals surface area contributed by atoms with Gasteiger partial charge in [0.25, 0.3) is 5.56 Å². The Morgan fingerprint density at radius 2 is 1.91 bits per heavy atom. The average molecular weight is 439 g/mol. The first-order valence-corrected chi connectivity index (χ1v) is 11.2. The van der Waals surface area contributed by atoms with Gasteiger partial charge in [0.2, 0.25) is 0 Å². The van der Waals surface area contributed by atoms with Crippen molar-refractivity contribution in [2.24, 2.45) is 0 Å². The van der Waals surface area contributed by atoms with E-state index < -0.39 is 0 Å². The average Bonchev–Trinajstić information content (AvgIpc) is 3.20. The first kappa shape index (κ1) is 20.8. The van der Waals surface area contributed by atoms with Crippen molar-refractivity contribution in [3.63, 3.8) is 0 Å². The highest BCUT2D eigenvalue weighted by Crippen LogP contribution is 2.31. The summed E-state index contributed by atoms with van der Waals surface area (Å²) in [6.07, 6.45) is 2.93. The number of H-pyrrole nitrogens is 1. The molecule has 3 aromatic carbocycles. The van der Waals surface area contributed by atoms with Crippen LogP contribution in [0.5, 0.6) is 5.75 Å². The molecule has 0 saturated carbocycles. The van der Waals surface area contributed by atoms with Crippen LogP contribution in [-0.4, -0.2) is 21.2 Å². The summed E-state index contributed by atoms with van der Waals surface area (Å²) in [5.41, 5.74) is 8.96. The van der Waals surface area contributed by atoms with Gasteiger partial charge < -0.3 is 15.1 Å². The number of ether oxygens (including phenoxy) is 1. The van der Waals surface area contributed by atoms with Gasteiger partial charge in [-0.3, -0.25) is 9.47 Å². The van der Waals surface area contributed by atoms with Crippen LogP contribution in [0.15, 0.2) is 77.7 Å². The van der Waals surface area contributed by atoms with E-state index in [0.717, 1.165) is 57.3 Å². The van der Waals surface area contributed by atoms with Crippen LogP contribution in [0.1, 0.15) is 24.5 Å². The quantitative estimate of drug-likeness (QED) is 0.358. The van der Waals surface area contributed by atoms with E-state index in [0.29, 0.717) is 12.3 Å². The van der Waals surface area contributed by atoms with E-state index in [1.54, 1.807) is 0 Å². The number of hydrogen-bond donors (Lipinski definition) is 2. The smallest absolute Gasteiger partial charge is 0.275 e. The van der Waals surface area contributed by atoms with Gasteiger partial charge in [0, 0.05) is 23.7 Å². The number of para-hydroxylation sites is 1. The topological polar surface area (TPSA) is 71.9 Å². The highest BCUT2D eigenvalue weighted by atomic mass is 16.5. The summed E-state index contributed by atoms with van der Waals surface area (Å²) in [5, 5.41) is 0.911. The molecule has 6 heteroatoms. The number of aryl methyl sites for hydroxylation is 1. The van der Waals surface area contributed by atoms with Gasteiger partial charge in [0.05, 0.1) is 16.6 Å². The molecule has 5 aromatic rings. The SMILES string of the molecule is CCCNn1cc(-c2nc3cccc(C)c3[nH]c2=O)c2cc(OCc3ccccc3)ccc21. The van der Waals surface area contributed by atoms with Crippen LogP contribution < -0.4 is 15.7 Å². The number of aromatic nitrogens is 3. The highest BCUT2D eigenvalue weighted by Gasteiger charge is 2.17. The van der Waals surface area contributed by atoms with Crippen LogP contribution in [-0.2, 0) is 6.61 Å². The fraction of sp³-hybridized carbons (Fsp3) is 0.185. The number of hydrogen-bond acceptors (Lipinski definition) is 4. The first-order chi connectivity index (χ1) is 16.1. The molecule has 0 radical (unpaired) electrons. The Morgan fingerprint density at radius 3 is 2.73 bits per heavy atom. The van der Waals surface area contributed by atoms with Crippen molar-refractivity contribution in [1.29, 1.82) is 0 Å². The Balaban J connectivity index is 1.61. The molecule has 33 heavy (non-hydrogen) atoms. The van der Waals surface area contributed by atoms with Crippen molar-refractivity contribution in [1.82, 2.24) is 14.6 Å². The lowest BCUT2D eigenvalue weighted by Gasteiger charge is -2.09. The van der Waals surface area contributed by atoms with Gasteiger partial charge in [-0.25, -0.2) is 4.98 Å². The lowest BCUT2D eigenvalue weighted by molar-refractivity contribution is 0.306. The highest BCUT2D eigenvalue weighted by molar-refractivity contribution is 5.97. The zero-order valence-corrected chi connectivity index (χ0v) is 18.8. The third-order valence-corrected chi connectivity index (χ3v) is 5.75. The van der Waals surface area contributed by atoms with Crippen LogP contribution in [0.25, 0.3) is 33.2 Å². The molecular formula is C27H26N4O2. The second-order valence-electron chi connectivity index (χ2n) is 8.16. The van der Waals surface area contributed by atoms with Crippen molar-refractivity contribution < 1.29 is 4.74 Å². The lowest BCUT2D eigenvalue weighted by atomic mass is 10.1. The van der Waals surface area contributed by atoms with Gasteiger partial charge in [-0.15, -0.1) is 0 Å². The molecule has 0 fully saturated rings. The van der Waals surface area contributed by atoms with Gasteiger partial charge in [0.1, 0.15) is 18.1 Å². The number of rotatable bonds is 7. The largest absolute Gasteiger partial charge is 0.489 e. The zero-order valence-electron chi connectivity index (χ0n) is 18.8. The minimum Gasteiger partial charge on any atom is -0.489 e. The van der Waals surface area contributed by atoms with E-state index in [1.807, 2.05) is 84.5 Å². The van der Waals surface area contributed by atoms with E-state index in [4.69, 9.17) is 9.72 Å². The number of nitrogens with zero attached hydrogens (tertiary/aromatic N) is 2. The molecule has 0 atom stereocenters. The molecule has 0 aliphatic rings. The van der Waals surface area contributed by atoms with Crippen molar-refractivity contribution >= 4 is 21.9 Å². The first-order valence-electron chi connectivity index (χ1n) is 11.2. The lowest BCUT2D eigenvalue weighted by Crippen LogP contribution is -2.14. The molecule has 5 rings (SSSR count). The van der Waals surface area contributed by atoms with Gasteiger partial charge >= 0.3 is 0 Å². The fourth-order valence-corrected chi connectivity index (χ4v) is 4.03. The van der Waals surface area contributed by atoms with Gasteiger partial charge in [0.15, 0.2) is 0 Å². The van der Waals surface area contributed by atoms with Crippen LogP contribution in [0.3, 0.4) is 0 Å². The summed E-state index contributed by atoms with van der Waals surface area (Å²) in [6.45, 7) is 5.38. The van der Waals surface area contributed by atoms with Crippen LogP contribution in [0.4, 0.5) is 0 Å². The predicted octanol–water partition coefficient (Wildman–Crippen LogP) is 5.39. The number of aromatic amines is 1. The van der Waals surface area contributed by atoms with Crippen LogP contribution >= 0.6 is 0 Å². The molecular weight excluding hydrogens is 412 g/mol.